The summed E-state index contributed by atoms with van der Waals surface area (Å²) in [4.78, 5) is 45.5. The Balaban J connectivity index is 1.71. The van der Waals surface area contributed by atoms with Crippen LogP contribution in [0.4, 0.5) is 4.79 Å². The molecule has 1 heterocycles. The number of ether oxygens (including phenoxy) is 1. The van der Waals surface area contributed by atoms with Crippen molar-refractivity contribution in [3.63, 3.8) is 0 Å². The van der Waals surface area contributed by atoms with Crippen LogP contribution >= 0.6 is 22.6 Å². The largest absolute Gasteiger partial charge is 0.488 e. The topological polar surface area (TPSA) is 122 Å². The van der Waals surface area contributed by atoms with E-state index in [0.29, 0.717) is 11.3 Å². The van der Waals surface area contributed by atoms with Crippen molar-refractivity contribution in [2.45, 2.75) is 6.61 Å². The van der Waals surface area contributed by atoms with Crippen LogP contribution in [-0.2, 0) is 16.2 Å². The van der Waals surface area contributed by atoms with E-state index in [4.69, 9.17) is 9.84 Å². The average molecular weight is 492 g/mol. The smallest absolute Gasteiger partial charge is 0.335 e. The van der Waals surface area contributed by atoms with Gasteiger partial charge in [-0.3, -0.25) is 20.2 Å². The molecule has 9 heteroatoms. The molecule has 142 valence electrons. The Morgan fingerprint density at radius 3 is 2.25 bits per heavy atom. The van der Waals surface area contributed by atoms with Crippen LogP contribution in [0.25, 0.3) is 6.08 Å². The second kappa shape index (κ2) is 8.21. The molecule has 0 atom stereocenters. The molecule has 0 aliphatic carbocycles. The van der Waals surface area contributed by atoms with E-state index in [1.807, 2.05) is 10.6 Å². The van der Waals surface area contributed by atoms with Crippen molar-refractivity contribution in [3.8, 4) is 5.75 Å². The number of barbiturate groups is 1. The summed E-state index contributed by atoms with van der Waals surface area (Å²) in [6, 6.07) is 10.6. The van der Waals surface area contributed by atoms with E-state index in [1.54, 1.807) is 30.3 Å². The van der Waals surface area contributed by atoms with E-state index in [2.05, 4.69) is 22.6 Å². The number of imide groups is 2. The summed E-state index contributed by atoms with van der Waals surface area (Å²) in [5.74, 6) is -1.91. The summed E-state index contributed by atoms with van der Waals surface area (Å²) in [6.45, 7) is 0.253. The third kappa shape index (κ3) is 4.55. The maximum absolute atomic E-state index is 11.8. The highest BCUT2D eigenvalue weighted by Gasteiger charge is 2.27. The van der Waals surface area contributed by atoms with Crippen molar-refractivity contribution in [1.82, 2.24) is 10.6 Å². The number of amides is 4. The predicted molar refractivity (Wildman–Crippen MR) is 107 cm³/mol. The summed E-state index contributed by atoms with van der Waals surface area (Å²) in [5.41, 5.74) is 1.44. The zero-order chi connectivity index (χ0) is 20.3. The lowest BCUT2D eigenvalue weighted by molar-refractivity contribution is -0.123. The Hall–Kier alpha value is -3.21. The number of carboxylic acid groups (broad SMARTS) is 1. The molecule has 2 aromatic carbocycles. The minimum absolute atomic E-state index is 0.164. The molecule has 0 unspecified atom stereocenters. The fourth-order valence-corrected chi connectivity index (χ4v) is 3.10. The quantitative estimate of drug-likeness (QED) is 0.335. The minimum atomic E-state index is -0.989. The van der Waals surface area contributed by atoms with E-state index in [9.17, 15) is 19.2 Å². The van der Waals surface area contributed by atoms with Gasteiger partial charge in [0.2, 0.25) is 0 Å². The van der Waals surface area contributed by atoms with Crippen molar-refractivity contribution in [1.29, 1.82) is 0 Å². The summed E-state index contributed by atoms with van der Waals surface area (Å²) in [5, 5.41) is 12.9. The van der Waals surface area contributed by atoms with Gasteiger partial charge in [0.05, 0.1) is 9.13 Å². The van der Waals surface area contributed by atoms with E-state index in [-0.39, 0.29) is 17.7 Å². The summed E-state index contributed by atoms with van der Waals surface area (Å²) < 4.78 is 6.50. The Kier molecular flexibility index (Phi) is 5.73. The van der Waals surface area contributed by atoms with Crippen LogP contribution in [0.5, 0.6) is 5.75 Å². The standard InChI is InChI=1S/C19H13IN2O6/c20-14-8-11(7-13-16(23)21-19(27)22-17(13)24)3-6-15(14)28-9-10-1-4-12(5-2-10)18(25)26/h1-8H,9H2,(H,25,26)(H2,21,22,23,24,27). The van der Waals surface area contributed by atoms with E-state index >= 15 is 0 Å². The molecule has 0 aromatic heterocycles. The van der Waals surface area contributed by atoms with Crippen LogP contribution in [0.1, 0.15) is 21.5 Å². The molecule has 3 rings (SSSR count). The first kappa shape index (κ1) is 19.5. The van der Waals surface area contributed by atoms with Crippen molar-refractivity contribution in [2.75, 3.05) is 0 Å². The Morgan fingerprint density at radius 2 is 1.68 bits per heavy atom. The van der Waals surface area contributed by atoms with Gasteiger partial charge in [-0.15, -0.1) is 0 Å². The van der Waals surface area contributed by atoms with Crippen LogP contribution in [-0.4, -0.2) is 28.9 Å². The van der Waals surface area contributed by atoms with Gasteiger partial charge >= 0.3 is 12.0 Å². The van der Waals surface area contributed by atoms with Crippen LogP contribution in [0.3, 0.4) is 0 Å². The predicted octanol–water partition coefficient (Wildman–Crippen LogP) is 2.32. The first-order valence-corrected chi connectivity index (χ1v) is 9.04. The molecule has 1 aliphatic rings. The van der Waals surface area contributed by atoms with E-state index in [1.165, 1.54) is 18.2 Å². The number of nitrogens with one attached hydrogen (secondary N) is 2. The maximum Gasteiger partial charge on any atom is 0.335 e. The molecule has 3 N–H and O–H groups in total. The number of hydrogen-bond acceptors (Lipinski definition) is 5. The number of carbonyl (C=O) groups is 4. The molecule has 8 nitrogen and oxygen atoms in total. The first-order chi connectivity index (χ1) is 13.3. The lowest BCUT2D eigenvalue weighted by atomic mass is 10.1. The number of carboxylic acids is 1. The fraction of sp³-hybridized carbons (Fsp3) is 0.0526. The average Bonchev–Trinajstić information content (AvgIpc) is 2.64. The van der Waals surface area contributed by atoms with Crippen molar-refractivity contribution < 1.29 is 29.0 Å². The van der Waals surface area contributed by atoms with E-state index < -0.39 is 23.8 Å². The second-order valence-corrected chi connectivity index (χ2v) is 6.94. The third-order valence-electron chi connectivity index (χ3n) is 3.81. The van der Waals surface area contributed by atoms with Crippen LogP contribution in [0.2, 0.25) is 0 Å². The van der Waals surface area contributed by atoms with Crippen LogP contribution in [0, 0.1) is 3.57 Å². The van der Waals surface area contributed by atoms with Gasteiger partial charge in [0, 0.05) is 0 Å². The first-order valence-electron chi connectivity index (χ1n) is 7.96. The molecular formula is C19H13IN2O6. The zero-order valence-corrected chi connectivity index (χ0v) is 16.3. The van der Waals surface area contributed by atoms with Crippen molar-refractivity contribution in [3.05, 3.63) is 68.3 Å². The van der Waals surface area contributed by atoms with Crippen LogP contribution < -0.4 is 15.4 Å². The molecule has 1 aliphatic heterocycles. The monoisotopic (exact) mass is 492 g/mol. The molecule has 4 amide bonds. The van der Waals surface area contributed by atoms with Gasteiger partial charge in [0.25, 0.3) is 11.8 Å². The molecule has 0 radical (unpaired) electrons. The number of carbonyl (C=O) groups excluding carboxylic acids is 3. The molecule has 2 aromatic rings. The van der Waals surface area contributed by atoms with Gasteiger partial charge in [0.15, 0.2) is 0 Å². The second-order valence-electron chi connectivity index (χ2n) is 5.78. The number of benzene rings is 2. The lowest BCUT2D eigenvalue weighted by Gasteiger charge is -2.14. The highest BCUT2D eigenvalue weighted by Crippen LogP contribution is 2.24. The molecule has 1 fully saturated rings. The molecule has 0 bridgehead atoms. The SMILES string of the molecule is O=C1NC(=O)C(=Cc2ccc(OCc3ccc(C(=O)O)cc3)c(I)c2)C(=O)N1. The maximum atomic E-state index is 11.8. The Morgan fingerprint density at radius 1 is 1.04 bits per heavy atom. The lowest BCUT2D eigenvalue weighted by Crippen LogP contribution is -2.51. The fourth-order valence-electron chi connectivity index (χ4n) is 2.40. The normalized spacial score (nSPS) is 13.6. The number of rotatable bonds is 5. The number of halogens is 1. The van der Waals surface area contributed by atoms with E-state index in [0.717, 1.165) is 9.13 Å². The zero-order valence-electron chi connectivity index (χ0n) is 14.2. The van der Waals surface area contributed by atoms with Gasteiger partial charge in [-0.1, -0.05) is 18.2 Å². The summed E-state index contributed by atoms with van der Waals surface area (Å²) in [6.07, 6.45) is 1.38. The Labute approximate surface area is 172 Å². The van der Waals surface area contributed by atoms with Gasteiger partial charge < -0.3 is 9.84 Å². The van der Waals surface area contributed by atoms with Crippen molar-refractivity contribution >= 4 is 52.5 Å². The Bertz CT molecular complexity index is 992. The van der Waals surface area contributed by atoms with Crippen LogP contribution in [0.15, 0.2) is 48.0 Å². The van der Waals surface area contributed by atoms with Gasteiger partial charge in [-0.25, -0.2) is 9.59 Å². The minimum Gasteiger partial charge on any atom is -0.488 e. The molecular weight excluding hydrogens is 479 g/mol. The number of urea groups is 1. The van der Waals surface area contributed by atoms with Gasteiger partial charge in [0.1, 0.15) is 17.9 Å². The number of hydrogen-bond donors (Lipinski definition) is 3. The highest BCUT2D eigenvalue weighted by atomic mass is 127. The molecule has 28 heavy (non-hydrogen) atoms. The van der Waals surface area contributed by atoms with Gasteiger partial charge in [-0.2, -0.15) is 0 Å². The molecule has 0 saturated carbocycles. The summed E-state index contributed by atoms with van der Waals surface area (Å²) >= 11 is 2.06. The molecule has 1 saturated heterocycles. The van der Waals surface area contributed by atoms with Crippen molar-refractivity contribution in [2.24, 2.45) is 0 Å². The summed E-state index contributed by atoms with van der Waals surface area (Å²) in [7, 11) is 0. The third-order valence-corrected chi connectivity index (χ3v) is 4.65. The van der Waals surface area contributed by atoms with Gasteiger partial charge in [-0.05, 0) is 64.1 Å². The number of aromatic carboxylic acids is 1. The highest BCUT2D eigenvalue weighted by molar-refractivity contribution is 14.1. The molecule has 0 spiro atoms.